The average molecular weight is 610 g/mol. The molecule has 0 aliphatic heterocycles. The predicted molar refractivity (Wildman–Crippen MR) is 153 cm³/mol. The predicted octanol–water partition coefficient (Wildman–Crippen LogP) is 8.68. The van der Waals surface area contributed by atoms with Crippen molar-refractivity contribution in [3.05, 3.63) is 29.3 Å². The van der Waals surface area contributed by atoms with E-state index in [4.69, 9.17) is 4.11 Å². The third-order valence-corrected chi connectivity index (χ3v) is 11.5. The van der Waals surface area contributed by atoms with Crippen molar-refractivity contribution in [2.75, 3.05) is 11.5 Å². The third kappa shape index (κ3) is 7.66. The summed E-state index contributed by atoms with van der Waals surface area (Å²) in [6.07, 6.45) is -1.70. The van der Waals surface area contributed by atoms with Crippen molar-refractivity contribution < 1.29 is 40.5 Å². The smallest absolute Gasteiger partial charge is 0.453 e. The summed E-state index contributed by atoms with van der Waals surface area (Å²) in [5.41, 5.74) is 1.54. The topological polar surface area (TPSA) is 57.5 Å². The zero-order valence-corrected chi connectivity index (χ0v) is 24.8. The maximum Gasteiger partial charge on any atom is 0.453 e. The van der Waals surface area contributed by atoms with Gasteiger partial charge in [-0.15, -0.1) is 0 Å². The first-order valence-corrected chi connectivity index (χ1v) is 16.7. The number of phenolic OH excluding ortho intramolecular Hbond substituents is 1. The fraction of sp³-hybridized carbons (Fsp3) is 0.812. The highest BCUT2D eigenvalue weighted by Crippen LogP contribution is 2.62. The Hall–Kier alpha value is -1.22. The van der Waals surface area contributed by atoms with Gasteiger partial charge < -0.3 is 10.2 Å². The second-order valence-corrected chi connectivity index (χ2v) is 14.4. The number of phenols is 1. The normalized spacial score (nSPS) is 34.6. The van der Waals surface area contributed by atoms with Crippen molar-refractivity contribution in [1.82, 2.24) is 0 Å². The van der Waals surface area contributed by atoms with E-state index in [1.165, 1.54) is 5.56 Å². The molecule has 7 atom stereocenters. The molecule has 3 nitrogen and oxygen atoms in total. The molecule has 0 saturated heterocycles. The van der Waals surface area contributed by atoms with Gasteiger partial charge in [-0.05, 0) is 104 Å². The number of fused-ring (bicyclic) bond motifs is 5. The molecule has 0 radical (unpaired) electrons. The summed E-state index contributed by atoms with van der Waals surface area (Å²) < 4.78 is 100. The van der Waals surface area contributed by atoms with Gasteiger partial charge in [0, 0.05) is 31.5 Å². The van der Waals surface area contributed by atoms with Crippen LogP contribution in [0, 0.1) is 23.2 Å². The van der Waals surface area contributed by atoms with Gasteiger partial charge in [-0.25, -0.2) is 0 Å². The van der Waals surface area contributed by atoms with Crippen LogP contribution < -0.4 is 0 Å². The quantitative estimate of drug-likeness (QED) is 0.164. The second-order valence-electron chi connectivity index (χ2n) is 12.7. The number of rotatable bonds is 14. The van der Waals surface area contributed by atoms with Crippen molar-refractivity contribution >= 4 is 10.8 Å². The molecule has 0 spiro atoms. The summed E-state index contributed by atoms with van der Waals surface area (Å²) in [6.45, 7) is 1.90. The molecule has 1 aromatic carbocycles. The van der Waals surface area contributed by atoms with Crippen LogP contribution in [0.25, 0.3) is 0 Å². The van der Waals surface area contributed by atoms with Crippen molar-refractivity contribution in [2.24, 2.45) is 23.2 Å². The molecule has 0 bridgehead atoms. The standard InChI is InChI=1S/C32H47F5O3S/c1-30-17-15-26-25-12-11-24(38)21-23(25)20-22(29(26)27(30)13-14-28(30)39)10-7-5-3-2-4-6-8-18-41(40)19-9-16-31(33,34)32(35,36)37/h11-12,21-22,26-29,38-39H,2-10,13-20H2,1H3/t22-,26-,27+,28+,29-,30+,41?/m0/s1/i14D2,28D. The van der Waals surface area contributed by atoms with Gasteiger partial charge in [0.25, 0.3) is 0 Å². The molecule has 9 heteroatoms. The highest BCUT2D eigenvalue weighted by molar-refractivity contribution is 7.84. The molecule has 234 valence electrons. The molecule has 0 heterocycles. The monoisotopic (exact) mass is 609 g/mol. The van der Waals surface area contributed by atoms with Gasteiger partial charge in [0.2, 0.25) is 0 Å². The highest BCUT2D eigenvalue weighted by Gasteiger charge is 2.57. The Morgan fingerprint density at radius 3 is 2.39 bits per heavy atom. The van der Waals surface area contributed by atoms with Crippen molar-refractivity contribution in [3.63, 3.8) is 0 Å². The third-order valence-electron chi connectivity index (χ3n) is 10.0. The summed E-state index contributed by atoms with van der Waals surface area (Å²) >= 11 is 0. The van der Waals surface area contributed by atoms with Gasteiger partial charge in [0.05, 0.1) is 7.45 Å². The number of aliphatic hydroxyl groups is 1. The molecule has 2 fully saturated rings. The molecule has 2 saturated carbocycles. The molecule has 3 aliphatic carbocycles. The van der Waals surface area contributed by atoms with Crippen LogP contribution in [0.15, 0.2) is 18.2 Å². The lowest BCUT2D eigenvalue weighted by Crippen LogP contribution is -2.47. The first kappa shape index (κ1) is 28.5. The summed E-state index contributed by atoms with van der Waals surface area (Å²) in [7, 11) is -1.40. The van der Waals surface area contributed by atoms with Crippen LogP contribution in [0.4, 0.5) is 22.0 Å². The Balaban J connectivity index is 1.22. The van der Waals surface area contributed by atoms with Gasteiger partial charge in [-0.1, -0.05) is 51.5 Å². The molecule has 4 rings (SSSR count). The van der Waals surface area contributed by atoms with E-state index < -0.39 is 53.6 Å². The van der Waals surface area contributed by atoms with Gasteiger partial charge in [0.15, 0.2) is 0 Å². The zero-order valence-electron chi connectivity index (χ0n) is 27.0. The first-order chi connectivity index (χ1) is 20.4. The minimum atomic E-state index is -5.57. The number of aromatic hydroxyl groups is 1. The van der Waals surface area contributed by atoms with Crippen LogP contribution >= 0.6 is 0 Å². The van der Waals surface area contributed by atoms with Crippen molar-refractivity contribution in [2.45, 2.75) is 127 Å². The van der Waals surface area contributed by atoms with Crippen LogP contribution in [0.2, 0.25) is 0 Å². The summed E-state index contributed by atoms with van der Waals surface area (Å²) in [4.78, 5) is 0. The Morgan fingerprint density at radius 1 is 1.02 bits per heavy atom. The van der Waals surface area contributed by atoms with Gasteiger partial charge in [0.1, 0.15) is 5.75 Å². The maximum absolute atomic E-state index is 13.0. The molecule has 0 amide bonds. The summed E-state index contributed by atoms with van der Waals surface area (Å²) in [5, 5.41) is 21.3. The molecule has 3 aliphatic rings. The Kier molecular flexibility index (Phi) is 9.47. The Labute approximate surface area is 248 Å². The largest absolute Gasteiger partial charge is 0.508 e. The van der Waals surface area contributed by atoms with Crippen LogP contribution in [-0.2, 0) is 17.2 Å². The van der Waals surface area contributed by atoms with Crippen LogP contribution in [-0.4, -0.2) is 44.1 Å². The zero-order chi connectivity index (χ0) is 32.6. The summed E-state index contributed by atoms with van der Waals surface area (Å²) in [5.74, 6) is -3.77. The molecule has 2 N–H and O–H groups in total. The minimum Gasteiger partial charge on any atom is -0.508 e. The van der Waals surface area contributed by atoms with Crippen LogP contribution in [0.5, 0.6) is 5.75 Å². The Bertz CT molecular complexity index is 1160. The van der Waals surface area contributed by atoms with Gasteiger partial charge in [-0.3, -0.25) is 4.21 Å². The lowest BCUT2D eigenvalue weighted by atomic mass is 9.52. The lowest BCUT2D eigenvalue weighted by molar-refractivity contribution is -0.284. The van der Waals surface area contributed by atoms with E-state index in [0.717, 1.165) is 63.4 Å². The molecule has 1 unspecified atom stereocenters. The number of hydrogen-bond donors (Lipinski definition) is 2. The number of unbranched alkanes of at least 4 members (excludes halogenated alkanes) is 6. The van der Waals surface area contributed by atoms with Gasteiger partial charge in [-0.2, -0.15) is 22.0 Å². The van der Waals surface area contributed by atoms with Crippen LogP contribution in [0.3, 0.4) is 0 Å². The van der Waals surface area contributed by atoms with Crippen LogP contribution in [0.1, 0.15) is 118 Å². The fourth-order valence-electron chi connectivity index (χ4n) is 7.72. The highest BCUT2D eigenvalue weighted by atomic mass is 32.2. The minimum absolute atomic E-state index is 0.0996. The van der Waals surface area contributed by atoms with Gasteiger partial charge >= 0.3 is 12.1 Å². The fourth-order valence-corrected chi connectivity index (χ4v) is 8.91. The molecule has 41 heavy (non-hydrogen) atoms. The average Bonchev–Trinajstić information content (AvgIpc) is 3.06. The van der Waals surface area contributed by atoms with E-state index in [0.29, 0.717) is 18.6 Å². The lowest BCUT2D eigenvalue weighted by Gasteiger charge is -2.53. The molecule has 0 aromatic heterocycles. The van der Waals surface area contributed by atoms with Crippen molar-refractivity contribution in [3.8, 4) is 5.75 Å². The second kappa shape index (κ2) is 13.6. The van der Waals surface area contributed by atoms with Crippen molar-refractivity contribution in [1.29, 1.82) is 0 Å². The number of alkyl halides is 5. The number of hydrogen-bond acceptors (Lipinski definition) is 3. The van der Waals surface area contributed by atoms with E-state index in [9.17, 15) is 36.4 Å². The molecule has 1 aromatic rings. The van der Waals surface area contributed by atoms with E-state index in [2.05, 4.69) is 0 Å². The number of halogens is 5. The maximum atomic E-state index is 13.0. The Morgan fingerprint density at radius 2 is 1.68 bits per heavy atom. The van der Waals surface area contributed by atoms with E-state index in [1.807, 2.05) is 19.1 Å². The van der Waals surface area contributed by atoms with E-state index >= 15 is 0 Å². The first-order valence-electron chi connectivity index (χ1n) is 16.7. The SMILES string of the molecule is [2H]C1([2H])C[C@@H]2[C@H]3[C@@H](CCCCCCCCCS(=O)CCCC(F)(F)C(F)(F)F)Cc4cc(O)ccc4[C@@H]3CC[C@@]2(C)[C@]1([2H])O. The molecular weight excluding hydrogens is 559 g/mol. The van der Waals surface area contributed by atoms with E-state index in [1.54, 1.807) is 6.07 Å². The van der Waals surface area contributed by atoms with E-state index in [-0.39, 0.29) is 41.6 Å². The molecular formula is C32H47F5O3S. The number of benzene rings is 1. The summed E-state index contributed by atoms with van der Waals surface area (Å²) in [6, 6.07) is 5.57.